The van der Waals surface area contributed by atoms with Crippen LogP contribution in [0.25, 0.3) is 0 Å². The molecule has 92 valence electrons. The van der Waals surface area contributed by atoms with E-state index in [1.54, 1.807) is 0 Å². The summed E-state index contributed by atoms with van der Waals surface area (Å²) in [6.45, 7) is 3.48. The van der Waals surface area contributed by atoms with Crippen molar-refractivity contribution in [1.29, 1.82) is 0 Å². The Bertz CT molecular complexity index is 409. The molecule has 0 radical (unpaired) electrons. The molecular formula is C12H12F3NO. The van der Waals surface area contributed by atoms with Crippen molar-refractivity contribution in [3.63, 3.8) is 0 Å². The van der Waals surface area contributed by atoms with Crippen molar-refractivity contribution >= 4 is 5.91 Å². The van der Waals surface area contributed by atoms with E-state index in [4.69, 9.17) is 5.73 Å². The summed E-state index contributed by atoms with van der Waals surface area (Å²) in [7, 11) is 0. The van der Waals surface area contributed by atoms with E-state index in [-0.39, 0.29) is 0 Å². The summed E-state index contributed by atoms with van der Waals surface area (Å²) in [5, 5.41) is 0. The fourth-order valence-corrected chi connectivity index (χ4v) is 1.49. The fraction of sp³-hybridized carbons (Fsp3) is 0.250. The zero-order valence-corrected chi connectivity index (χ0v) is 9.00. The minimum absolute atomic E-state index is 0.306. The highest BCUT2D eigenvalue weighted by Gasteiger charge is 2.30. The quantitative estimate of drug-likeness (QED) is 0.812. The van der Waals surface area contributed by atoms with Crippen LogP contribution in [0.2, 0.25) is 0 Å². The van der Waals surface area contributed by atoms with Gasteiger partial charge in [0.15, 0.2) is 0 Å². The lowest BCUT2D eigenvalue weighted by molar-refractivity contribution is -0.137. The van der Waals surface area contributed by atoms with E-state index in [9.17, 15) is 18.0 Å². The van der Waals surface area contributed by atoms with Crippen LogP contribution in [0, 0.1) is 0 Å². The second kappa shape index (κ2) is 5.03. The highest BCUT2D eigenvalue weighted by Crippen LogP contribution is 2.30. The standard InChI is InChI=1S/C12H12F3NO/c1-2-3-10(11(16)17)8-4-6-9(7-5-8)12(13,14)15/h2,4-7,10H,1,3H2,(H2,16,17). The van der Waals surface area contributed by atoms with E-state index >= 15 is 0 Å². The normalized spacial score (nSPS) is 13.1. The molecule has 2 nitrogen and oxygen atoms in total. The molecule has 0 aliphatic carbocycles. The number of hydrogen-bond donors (Lipinski definition) is 1. The maximum absolute atomic E-state index is 12.3. The first kappa shape index (κ1) is 13.3. The van der Waals surface area contributed by atoms with Gasteiger partial charge in [0.05, 0.1) is 11.5 Å². The molecular weight excluding hydrogens is 231 g/mol. The molecule has 0 aliphatic rings. The van der Waals surface area contributed by atoms with E-state index < -0.39 is 23.6 Å². The number of hydrogen-bond acceptors (Lipinski definition) is 1. The number of carbonyl (C=O) groups excluding carboxylic acids is 1. The maximum atomic E-state index is 12.3. The van der Waals surface area contributed by atoms with Crippen molar-refractivity contribution < 1.29 is 18.0 Å². The molecule has 2 N–H and O–H groups in total. The molecule has 0 aromatic heterocycles. The molecule has 1 aromatic carbocycles. The number of nitrogens with two attached hydrogens (primary N) is 1. The fourth-order valence-electron chi connectivity index (χ4n) is 1.49. The topological polar surface area (TPSA) is 43.1 Å². The molecule has 5 heteroatoms. The first-order valence-corrected chi connectivity index (χ1v) is 4.93. The zero-order chi connectivity index (χ0) is 13.1. The number of halogens is 3. The summed E-state index contributed by atoms with van der Waals surface area (Å²) in [5.41, 5.74) is 4.89. The molecule has 0 heterocycles. The molecule has 1 unspecified atom stereocenters. The maximum Gasteiger partial charge on any atom is 0.416 e. The van der Waals surface area contributed by atoms with Crippen molar-refractivity contribution in [2.24, 2.45) is 5.73 Å². The predicted molar refractivity (Wildman–Crippen MR) is 58.2 cm³/mol. The summed E-state index contributed by atoms with van der Waals surface area (Å²) in [4.78, 5) is 11.1. The van der Waals surface area contributed by atoms with Crippen LogP contribution in [0.5, 0.6) is 0 Å². The van der Waals surface area contributed by atoms with Crippen LogP contribution in [0.1, 0.15) is 23.5 Å². The van der Waals surface area contributed by atoms with Crippen molar-refractivity contribution in [3.8, 4) is 0 Å². The van der Waals surface area contributed by atoms with E-state index in [0.29, 0.717) is 12.0 Å². The second-order valence-electron chi connectivity index (χ2n) is 3.60. The minimum Gasteiger partial charge on any atom is -0.369 e. The van der Waals surface area contributed by atoms with Gasteiger partial charge in [0.2, 0.25) is 5.91 Å². The second-order valence-corrected chi connectivity index (χ2v) is 3.60. The Morgan fingerprint density at radius 3 is 2.24 bits per heavy atom. The summed E-state index contributed by atoms with van der Waals surface area (Å²) in [5.74, 6) is -1.21. The highest BCUT2D eigenvalue weighted by atomic mass is 19.4. The van der Waals surface area contributed by atoms with Gasteiger partial charge < -0.3 is 5.73 Å². The Kier molecular flexibility index (Phi) is 3.93. The number of primary amides is 1. The van der Waals surface area contributed by atoms with Gasteiger partial charge in [-0.2, -0.15) is 13.2 Å². The van der Waals surface area contributed by atoms with Crippen molar-refractivity contribution in [2.45, 2.75) is 18.5 Å². The molecule has 0 bridgehead atoms. The molecule has 0 fully saturated rings. The lowest BCUT2D eigenvalue weighted by Crippen LogP contribution is -2.21. The minimum atomic E-state index is -4.38. The molecule has 0 aliphatic heterocycles. The Hall–Kier alpha value is -1.78. The van der Waals surface area contributed by atoms with E-state index in [1.807, 2.05) is 0 Å². The number of benzene rings is 1. The largest absolute Gasteiger partial charge is 0.416 e. The molecule has 0 spiro atoms. The van der Waals surface area contributed by atoms with Gasteiger partial charge in [-0.3, -0.25) is 4.79 Å². The lowest BCUT2D eigenvalue weighted by atomic mass is 9.94. The zero-order valence-electron chi connectivity index (χ0n) is 9.00. The van der Waals surface area contributed by atoms with Gasteiger partial charge in [-0.25, -0.2) is 0 Å². The van der Waals surface area contributed by atoms with Crippen LogP contribution in [0.15, 0.2) is 36.9 Å². The molecule has 17 heavy (non-hydrogen) atoms. The molecule has 1 rings (SSSR count). The molecule has 1 aromatic rings. The van der Waals surface area contributed by atoms with E-state index in [0.717, 1.165) is 12.1 Å². The van der Waals surface area contributed by atoms with Gasteiger partial charge in [0.1, 0.15) is 0 Å². The summed E-state index contributed by atoms with van der Waals surface area (Å²) in [6, 6.07) is 4.41. The van der Waals surface area contributed by atoms with Gasteiger partial charge in [0.25, 0.3) is 0 Å². The van der Waals surface area contributed by atoms with Gasteiger partial charge in [-0.05, 0) is 24.1 Å². The van der Waals surface area contributed by atoms with Crippen LogP contribution in [0.4, 0.5) is 13.2 Å². The van der Waals surface area contributed by atoms with Crippen LogP contribution in [-0.2, 0) is 11.0 Å². The number of carbonyl (C=O) groups is 1. The lowest BCUT2D eigenvalue weighted by Gasteiger charge is -2.13. The summed E-state index contributed by atoms with van der Waals surface area (Å²) >= 11 is 0. The Balaban J connectivity index is 3.00. The monoisotopic (exact) mass is 243 g/mol. The Morgan fingerprint density at radius 2 is 1.88 bits per heavy atom. The Morgan fingerprint density at radius 1 is 1.35 bits per heavy atom. The average Bonchev–Trinajstić information content (AvgIpc) is 2.24. The molecule has 0 saturated carbocycles. The van der Waals surface area contributed by atoms with Crippen molar-refractivity contribution in [1.82, 2.24) is 0 Å². The molecule has 1 amide bonds. The van der Waals surface area contributed by atoms with Gasteiger partial charge in [0, 0.05) is 0 Å². The van der Waals surface area contributed by atoms with Crippen molar-refractivity contribution in [2.75, 3.05) is 0 Å². The first-order valence-electron chi connectivity index (χ1n) is 4.93. The Labute approximate surface area is 96.9 Å². The van der Waals surface area contributed by atoms with Crippen molar-refractivity contribution in [3.05, 3.63) is 48.0 Å². The number of allylic oxidation sites excluding steroid dienone is 1. The van der Waals surface area contributed by atoms with Gasteiger partial charge in [-0.15, -0.1) is 6.58 Å². The van der Waals surface area contributed by atoms with Crippen LogP contribution in [0.3, 0.4) is 0 Å². The van der Waals surface area contributed by atoms with Gasteiger partial charge in [-0.1, -0.05) is 18.2 Å². The summed E-state index contributed by atoms with van der Waals surface area (Å²) in [6.07, 6.45) is -2.56. The average molecular weight is 243 g/mol. The first-order chi connectivity index (χ1) is 7.86. The summed E-state index contributed by atoms with van der Waals surface area (Å²) < 4.78 is 37.0. The van der Waals surface area contributed by atoms with Crippen LogP contribution in [-0.4, -0.2) is 5.91 Å². The van der Waals surface area contributed by atoms with E-state index in [1.165, 1.54) is 18.2 Å². The SMILES string of the molecule is C=CCC(C(N)=O)c1ccc(C(F)(F)F)cc1. The number of alkyl halides is 3. The van der Waals surface area contributed by atoms with Crippen LogP contribution >= 0.6 is 0 Å². The molecule has 0 saturated heterocycles. The number of amides is 1. The third-order valence-corrected chi connectivity index (χ3v) is 2.39. The molecule has 1 atom stereocenters. The van der Waals surface area contributed by atoms with Gasteiger partial charge >= 0.3 is 6.18 Å². The third kappa shape index (κ3) is 3.34. The van der Waals surface area contributed by atoms with E-state index in [2.05, 4.69) is 6.58 Å². The predicted octanol–water partition coefficient (Wildman–Crippen LogP) is 2.85. The highest BCUT2D eigenvalue weighted by molar-refractivity contribution is 5.82. The smallest absolute Gasteiger partial charge is 0.369 e. The number of rotatable bonds is 4. The van der Waals surface area contributed by atoms with Crippen LogP contribution < -0.4 is 5.73 Å². The third-order valence-electron chi connectivity index (χ3n) is 2.39.